The largest absolute Gasteiger partial charge is 0.464 e. The summed E-state index contributed by atoms with van der Waals surface area (Å²) >= 11 is 0. The second-order valence-electron chi connectivity index (χ2n) is 4.57. The molecule has 0 aliphatic carbocycles. The van der Waals surface area contributed by atoms with Gasteiger partial charge in [-0.3, -0.25) is 4.79 Å². The van der Waals surface area contributed by atoms with Gasteiger partial charge in [-0.25, -0.2) is 0 Å². The van der Waals surface area contributed by atoms with E-state index >= 15 is 0 Å². The number of benzene rings is 1. The lowest BCUT2D eigenvalue weighted by Crippen LogP contribution is -2.48. The molecule has 0 bridgehead atoms. The lowest BCUT2D eigenvalue weighted by atomic mass is 9.94. The third-order valence-electron chi connectivity index (χ3n) is 2.61. The Labute approximate surface area is 103 Å². The molecule has 0 saturated heterocycles. The van der Waals surface area contributed by atoms with Crippen LogP contribution in [0.25, 0.3) is 0 Å². The number of esters is 1. The van der Waals surface area contributed by atoms with Gasteiger partial charge in [0.05, 0.1) is 6.61 Å². The minimum absolute atomic E-state index is 0.324. The first-order valence-electron chi connectivity index (χ1n) is 6.06. The summed E-state index contributed by atoms with van der Waals surface area (Å²) in [7, 11) is 0. The monoisotopic (exact) mass is 235 g/mol. The zero-order valence-electron chi connectivity index (χ0n) is 10.6. The molecule has 1 atom stereocenters. The number of unbranched alkanes of at least 4 members (excludes halogenated alkanes) is 1. The fraction of sp³-hybridized carbons (Fsp3) is 0.500. The number of hydrogen-bond donors (Lipinski definition) is 1. The Morgan fingerprint density at radius 1 is 1.35 bits per heavy atom. The van der Waals surface area contributed by atoms with Crippen LogP contribution in [0, 0.1) is 0 Å². The minimum atomic E-state index is -0.949. The van der Waals surface area contributed by atoms with Gasteiger partial charge in [0.2, 0.25) is 0 Å². The van der Waals surface area contributed by atoms with Gasteiger partial charge in [0.15, 0.2) is 0 Å². The average Bonchev–Trinajstić information content (AvgIpc) is 2.30. The van der Waals surface area contributed by atoms with Crippen LogP contribution in [0.2, 0.25) is 0 Å². The van der Waals surface area contributed by atoms with Crippen LogP contribution in [0.3, 0.4) is 0 Å². The molecule has 0 spiro atoms. The molecule has 0 saturated carbocycles. The molecule has 1 rings (SSSR count). The van der Waals surface area contributed by atoms with Gasteiger partial charge in [0, 0.05) is 6.42 Å². The first-order valence-corrected chi connectivity index (χ1v) is 6.06. The quantitative estimate of drug-likeness (QED) is 0.608. The van der Waals surface area contributed by atoms with Crippen LogP contribution in [0.1, 0.15) is 32.3 Å². The van der Waals surface area contributed by atoms with E-state index in [0.717, 1.165) is 18.4 Å². The number of hydrogen-bond acceptors (Lipinski definition) is 3. The Bertz CT molecular complexity index is 346. The topological polar surface area (TPSA) is 52.3 Å². The summed E-state index contributed by atoms with van der Waals surface area (Å²) in [5.74, 6) is -0.324. The van der Waals surface area contributed by atoms with Gasteiger partial charge in [0.1, 0.15) is 5.54 Å². The van der Waals surface area contributed by atoms with E-state index in [1.54, 1.807) is 6.92 Å². The summed E-state index contributed by atoms with van der Waals surface area (Å²) in [6, 6.07) is 9.74. The highest BCUT2D eigenvalue weighted by Gasteiger charge is 2.30. The van der Waals surface area contributed by atoms with Crippen LogP contribution in [-0.2, 0) is 16.0 Å². The standard InChI is InChI=1S/C14H21NO2/c1-3-4-10-17-13(16)14(2,15)11-12-8-6-5-7-9-12/h5-9H,3-4,10-11,15H2,1-2H3/t14-/m1/s1. The van der Waals surface area contributed by atoms with Gasteiger partial charge >= 0.3 is 5.97 Å². The van der Waals surface area contributed by atoms with Crippen LogP contribution in [0.15, 0.2) is 30.3 Å². The maximum Gasteiger partial charge on any atom is 0.326 e. The summed E-state index contributed by atoms with van der Waals surface area (Å²) in [6.07, 6.45) is 2.39. The number of carbonyl (C=O) groups is 1. The van der Waals surface area contributed by atoms with Crippen molar-refractivity contribution in [3.05, 3.63) is 35.9 Å². The SMILES string of the molecule is CCCCOC(=O)[C@](C)(N)Cc1ccccc1. The minimum Gasteiger partial charge on any atom is -0.464 e. The zero-order valence-corrected chi connectivity index (χ0v) is 10.6. The summed E-state index contributed by atoms with van der Waals surface area (Å²) in [6.45, 7) is 4.23. The highest BCUT2D eigenvalue weighted by atomic mass is 16.5. The highest BCUT2D eigenvalue weighted by molar-refractivity contribution is 5.80. The molecule has 1 aromatic carbocycles. The van der Waals surface area contributed by atoms with Crippen LogP contribution >= 0.6 is 0 Å². The van der Waals surface area contributed by atoms with Gasteiger partial charge in [-0.1, -0.05) is 43.7 Å². The van der Waals surface area contributed by atoms with Crippen LogP contribution in [0.4, 0.5) is 0 Å². The molecular formula is C14H21NO2. The molecule has 3 nitrogen and oxygen atoms in total. The van der Waals surface area contributed by atoms with Crippen molar-refractivity contribution in [1.29, 1.82) is 0 Å². The van der Waals surface area contributed by atoms with Crippen LogP contribution in [-0.4, -0.2) is 18.1 Å². The Morgan fingerprint density at radius 2 is 2.00 bits per heavy atom. The smallest absolute Gasteiger partial charge is 0.326 e. The molecule has 0 aromatic heterocycles. The molecule has 0 heterocycles. The first-order chi connectivity index (χ1) is 8.06. The number of carbonyl (C=O) groups excluding carboxylic acids is 1. The van der Waals surface area contributed by atoms with Gasteiger partial charge in [-0.05, 0) is 18.9 Å². The third kappa shape index (κ3) is 4.57. The Hall–Kier alpha value is -1.35. The van der Waals surface area contributed by atoms with Crippen LogP contribution in [0.5, 0.6) is 0 Å². The highest BCUT2D eigenvalue weighted by Crippen LogP contribution is 2.12. The Balaban J connectivity index is 2.52. The third-order valence-corrected chi connectivity index (χ3v) is 2.61. The average molecular weight is 235 g/mol. The molecule has 1 aromatic rings. The molecule has 0 fully saturated rings. The van der Waals surface area contributed by atoms with Crippen molar-refractivity contribution in [3.63, 3.8) is 0 Å². The van der Waals surface area contributed by atoms with Crippen molar-refractivity contribution in [1.82, 2.24) is 0 Å². The van der Waals surface area contributed by atoms with E-state index in [2.05, 4.69) is 6.92 Å². The van der Waals surface area contributed by atoms with Gasteiger partial charge < -0.3 is 10.5 Å². The molecule has 0 unspecified atom stereocenters. The van der Waals surface area contributed by atoms with E-state index in [-0.39, 0.29) is 5.97 Å². The lowest BCUT2D eigenvalue weighted by Gasteiger charge is -2.22. The molecule has 94 valence electrons. The zero-order chi connectivity index (χ0) is 12.7. The van der Waals surface area contributed by atoms with E-state index in [9.17, 15) is 4.79 Å². The fourth-order valence-electron chi connectivity index (χ4n) is 1.57. The molecule has 17 heavy (non-hydrogen) atoms. The molecule has 0 aliphatic rings. The molecular weight excluding hydrogens is 214 g/mol. The molecule has 2 N–H and O–H groups in total. The predicted octanol–water partition coefficient (Wildman–Crippen LogP) is 2.29. The lowest BCUT2D eigenvalue weighted by molar-refractivity contribution is -0.149. The predicted molar refractivity (Wildman–Crippen MR) is 68.6 cm³/mol. The summed E-state index contributed by atoms with van der Waals surface area (Å²) in [5, 5.41) is 0. The molecule has 0 amide bonds. The molecule has 0 radical (unpaired) electrons. The number of ether oxygens (including phenoxy) is 1. The fourth-order valence-corrected chi connectivity index (χ4v) is 1.57. The summed E-state index contributed by atoms with van der Waals surface area (Å²) in [4.78, 5) is 11.8. The molecule has 0 aliphatic heterocycles. The van der Waals surface area contributed by atoms with E-state index in [0.29, 0.717) is 13.0 Å². The van der Waals surface area contributed by atoms with Crippen molar-refractivity contribution >= 4 is 5.97 Å². The second kappa shape index (κ2) is 6.40. The van der Waals surface area contributed by atoms with Crippen molar-refractivity contribution in [2.75, 3.05) is 6.61 Å². The van der Waals surface area contributed by atoms with Crippen LogP contribution < -0.4 is 5.73 Å². The first kappa shape index (κ1) is 13.7. The van der Waals surface area contributed by atoms with E-state index in [1.807, 2.05) is 30.3 Å². The van der Waals surface area contributed by atoms with E-state index in [1.165, 1.54) is 0 Å². The normalized spacial score (nSPS) is 14.1. The van der Waals surface area contributed by atoms with E-state index < -0.39 is 5.54 Å². The van der Waals surface area contributed by atoms with Gasteiger partial charge in [0.25, 0.3) is 0 Å². The summed E-state index contributed by atoms with van der Waals surface area (Å²) in [5.41, 5.74) is 6.10. The maximum absolute atomic E-state index is 11.8. The van der Waals surface area contributed by atoms with Crippen molar-refractivity contribution in [3.8, 4) is 0 Å². The van der Waals surface area contributed by atoms with E-state index in [4.69, 9.17) is 10.5 Å². The maximum atomic E-state index is 11.8. The molecule has 3 heteroatoms. The number of nitrogens with two attached hydrogens (primary N) is 1. The van der Waals surface area contributed by atoms with Crippen molar-refractivity contribution in [2.45, 2.75) is 38.6 Å². The Kier molecular flexibility index (Phi) is 5.16. The number of rotatable bonds is 6. The van der Waals surface area contributed by atoms with Crippen molar-refractivity contribution < 1.29 is 9.53 Å². The summed E-state index contributed by atoms with van der Waals surface area (Å²) < 4.78 is 5.16. The Morgan fingerprint density at radius 3 is 2.59 bits per heavy atom. The van der Waals surface area contributed by atoms with Crippen molar-refractivity contribution in [2.24, 2.45) is 5.73 Å². The second-order valence-corrected chi connectivity index (χ2v) is 4.57. The van der Waals surface area contributed by atoms with Gasteiger partial charge in [-0.2, -0.15) is 0 Å². The van der Waals surface area contributed by atoms with Gasteiger partial charge in [-0.15, -0.1) is 0 Å².